The van der Waals surface area contributed by atoms with Crippen LogP contribution in [-0.4, -0.2) is 26.6 Å². The number of carboxylic acid groups (broad SMARTS) is 1. The van der Waals surface area contributed by atoms with Gasteiger partial charge in [-0.15, -0.1) is 0 Å². The van der Waals surface area contributed by atoms with Crippen molar-refractivity contribution >= 4 is 40.3 Å². The number of hydrogen-bond donors (Lipinski definition) is 1. The molecule has 0 bridgehead atoms. The molecule has 3 nitrogen and oxygen atoms in total. The molecule has 1 unspecified atom stereocenters. The molecule has 0 aromatic carbocycles. The van der Waals surface area contributed by atoms with Gasteiger partial charge >= 0.3 is 5.97 Å². The summed E-state index contributed by atoms with van der Waals surface area (Å²) in [6.07, 6.45) is 4.39. The van der Waals surface area contributed by atoms with Gasteiger partial charge in [-0.2, -0.15) is 11.8 Å². The Morgan fingerprint density at radius 3 is 3.13 bits per heavy atom. The number of rotatable bonds is 3. The van der Waals surface area contributed by atoms with E-state index in [1.807, 2.05) is 22.5 Å². The zero-order valence-corrected chi connectivity index (χ0v) is 11.1. The lowest BCUT2D eigenvalue weighted by atomic mass is 10.2. The van der Waals surface area contributed by atoms with Crippen LogP contribution in [0.2, 0.25) is 0 Å². The van der Waals surface area contributed by atoms with Crippen molar-refractivity contribution in [3.63, 3.8) is 0 Å². The molecule has 1 saturated heterocycles. The summed E-state index contributed by atoms with van der Waals surface area (Å²) in [5.74, 6) is 0.381. The van der Waals surface area contributed by atoms with Crippen molar-refractivity contribution in [2.75, 3.05) is 5.75 Å². The SMILES string of the molecule is O=C(O)c1cc(I)cn1CC1CCCS1. The summed E-state index contributed by atoms with van der Waals surface area (Å²) in [6, 6.07) is 1.72. The van der Waals surface area contributed by atoms with E-state index in [9.17, 15) is 4.79 Å². The van der Waals surface area contributed by atoms with Gasteiger partial charge in [0.25, 0.3) is 0 Å². The van der Waals surface area contributed by atoms with E-state index >= 15 is 0 Å². The number of carboxylic acids is 1. The van der Waals surface area contributed by atoms with Crippen molar-refractivity contribution in [1.82, 2.24) is 4.57 Å². The fourth-order valence-electron chi connectivity index (χ4n) is 1.81. The topological polar surface area (TPSA) is 42.2 Å². The summed E-state index contributed by atoms with van der Waals surface area (Å²) < 4.78 is 2.86. The highest BCUT2D eigenvalue weighted by atomic mass is 127. The van der Waals surface area contributed by atoms with Gasteiger partial charge in [0.15, 0.2) is 0 Å². The van der Waals surface area contributed by atoms with E-state index in [1.165, 1.54) is 18.6 Å². The molecule has 15 heavy (non-hydrogen) atoms. The van der Waals surface area contributed by atoms with E-state index in [0.717, 1.165) is 10.1 Å². The van der Waals surface area contributed by atoms with Crippen molar-refractivity contribution in [1.29, 1.82) is 0 Å². The van der Waals surface area contributed by atoms with Crippen LogP contribution in [0, 0.1) is 3.57 Å². The molecule has 0 amide bonds. The number of carbonyl (C=O) groups is 1. The van der Waals surface area contributed by atoms with E-state index in [4.69, 9.17) is 5.11 Å². The Morgan fingerprint density at radius 2 is 2.53 bits per heavy atom. The highest BCUT2D eigenvalue weighted by Crippen LogP contribution is 2.28. The van der Waals surface area contributed by atoms with Gasteiger partial charge in [0.1, 0.15) is 5.69 Å². The van der Waals surface area contributed by atoms with Gasteiger partial charge in [0.05, 0.1) is 0 Å². The Morgan fingerprint density at radius 1 is 1.73 bits per heavy atom. The van der Waals surface area contributed by atoms with Gasteiger partial charge in [0, 0.05) is 21.6 Å². The fraction of sp³-hybridized carbons (Fsp3) is 0.500. The minimum absolute atomic E-state index is 0.409. The fourth-order valence-corrected chi connectivity index (χ4v) is 3.71. The number of thioether (sulfide) groups is 1. The third kappa shape index (κ3) is 2.69. The van der Waals surface area contributed by atoms with Crippen LogP contribution in [0.1, 0.15) is 23.3 Å². The minimum Gasteiger partial charge on any atom is -0.477 e. The molecule has 5 heteroatoms. The lowest BCUT2D eigenvalue weighted by Gasteiger charge is -2.11. The van der Waals surface area contributed by atoms with Crippen molar-refractivity contribution < 1.29 is 9.90 Å². The van der Waals surface area contributed by atoms with Gasteiger partial charge in [-0.25, -0.2) is 4.79 Å². The number of aromatic carboxylic acids is 1. The van der Waals surface area contributed by atoms with Crippen LogP contribution in [0.15, 0.2) is 12.3 Å². The zero-order chi connectivity index (χ0) is 10.8. The highest BCUT2D eigenvalue weighted by Gasteiger charge is 2.19. The Kier molecular flexibility index (Phi) is 3.60. The van der Waals surface area contributed by atoms with Crippen molar-refractivity contribution in [2.24, 2.45) is 0 Å². The third-order valence-electron chi connectivity index (χ3n) is 2.51. The second-order valence-electron chi connectivity index (χ2n) is 3.64. The molecule has 1 aliphatic heterocycles. The molecule has 1 N–H and O–H groups in total. The average Bonchev–Trinajstić information content (AvgIpc) is 2.75. The third-order valence-corrected chi connectivity index (χ3v) is 4.48. The van der Waals surface area contributed by atoms with Gasteiger partial charge in [0.2, 0.25) is 0 Å². The second-order valence-corrected chi connectivity index (χ2v) is 6.29. The molecule has 1 fully saturated rings. The van der Waals surface area contributed by atoms with Crippen LogP contribution in [0.3, 0.4) is 0 Å². The summed E-state index contributed by atoms with van der Waals surface area (Å²) in [5.41, 5.74) is 0.409. The Balaban J connectivity index is 2.15. The summed E-state index contributed by atoms with van der Waals surface area (Å²) in [7, 11) is 0. The summed E-state index contributed by atoms with van der Waals surface area (Å²) in [5, 5.41) is 9.61. The smallest absolute Gasteiger partial charge is 0.352 e. The first-order chi connectivity index (χ1) is 7.16. The van der Waals surface area contributed by atoms with Gasteiger partial charge < -0.3 is 9.67 Å². The zero-order valence-electron chi connectivity index (χ0n) is 8.15. The quantitative estimate of drug-likeness (QED) is 0.863. The largest absolute Gasteiger partial charge is 0.477 e. The van der Waals surface area contributed by atoms with Crippen LogP contribution < -0.4 is 0 Å². The standard InChI is InChI=1S/C10H12INO2S/c11-7-4-9(10(13)14)12(5-7)6-8-2-1-3-15-8/h4-5,8H,1-3,6H2,(H,13,14). The van der Waals surface area contributed by atoms with Crippen LogP contribution >= 0.6 is 34.4 Å². The van der Waals surface area contributed by atoms with E-state index in [-0.39, 0.29) is 0 Å². The molecule has 0 radical (unpaired) electrons. The minimum atomic E-state index is -0.832. The Bertz CT molecular complexity index is 371. The normalized spacial score (nSPS) is 20.7. The maximum absolute atomic E-state index is 11.0. The summed E-state index contributed by atoms with van der Waals surface area (Å²) >= 11 is 4.11. The summed E-state index contributed by atoms with van der Waals surface area (Å²) in [6.45, 7) is 0.829. The molecule has 0 spiro atoms. The molecular formula is C10H12INO2S. The second kappa shape index (κ2) is 4.78. The number of nitrogens with zero attached hydrogens (tertiary/aromatic N) is 1. The lowest BCUT2D eigenvalue weighted by Crippen LogP contribution is -2.14. The van der Waals surface area contributed by atoms with Crippen LogP contribution in [0.25, 0.3) is 0 Å². The van der Waals surface area contributed by atoms with E-state index < -0.39 is 5.97 Å². The van der Waals surface area contributed by atoms with Crippen molar-refractivity contribution in [3.8, 4) is 0 Å². The van der Waals surface area contributed by atoms with Gasteiger partial charge in [-0.1, -0.05) is 0 Å². The maximum Gasteiger partial charge on any atom is 0.352 e. The van der Waals surface area contributed by atoms with E-state index in [1.54, 1.807) is 6.07 Å². The molecule has 1 aliphatic rings. The number of halogens is 1. The molecule has 1 aromatic rings. The molecule has 2 rings (SSSR count). The van der Waals surface area contributed by atoms with Gasteiger partial charge in [-0.05, 0) is 47.3 Å². The molecule has 1 atom stereocenters. The molecule has 1 aromatic heterocycles. The number of aromatic nitrogens is 1. The first kappa shape index (κ1) is 11.3. The highest BCUT2D eigenvalue weighted by molar-refractivity contribution is 14.1. The molecule has 2 heterocycles. The first-order valence-electron chi connectivity index (χ1n) is 4.87. The van der Waals surface area contributed by atoms with Crippen LogP contribution in [-0.2, 0) is 6.54 Å². The maximum atomic E-state index is 11.0. The van der Waals surface area contributed by atoms with Gasteiger partial charge in [-0.3, -0.25) is 0 Å². The predicted octanol–water partition coefficient (Wildman–Crippen LogP) is 2.69. The monoisotopic (exact) mass is 337 g/mol. The Labute approximate surface area is 106 Å². The molecular weight excluding hydrogens is 325 g/mol. The molecule has 0 aliphatic carbocycles. The van der Waals surface area contributed by atoms with Crippen LogP contribution in [0.4, 0.5) is 0 Å². The van der Waals surface area contributed by atoms with E-state index in [0.29, 0.717) is 10.9 Å². The number of hydrogen-bond acceptors (Lipinski definition) is 2. The van der Waals surface area contributed by atoms with Crippen LogP contribution in [0.5, 0.6) is 0 Å². The first-order valence-corrected chi connectivity index (χ1v) is 7.00. The van der Waals surface area contributed by atoms with E-state index in [2.05, 4.69) is 22.6 Å². The molecule has 0 saturated carbocycles. The average molecular weight is 337 g/mol. The lowest BCUT2D eigenvalue weighted by molar-refractivity contribution is 0.0685. The summed E-state index contributed by atoms with van der Waals surface area (Å²) in [4.78, 5) is 11.0. The van der Waals surface area contributed by atoms with Crippen molar-refractivity contribution in [2.45, 2.75) is 24.6 Å². The van der Waals surface area contributed by atoms with Crippen molar-refractivity contribution in [3.05, 3.63) is 21.5 Å². The molecule has 82 valence electrons. The predicted molar refractivity (Wildman–Crippen MR) is 69.6 cm³/mol. The Hall–Kier alpha value is -0.170.